The lowest BCUT2D eigenvalue weighted by Crippen LogP contribution is -2.23. The normalized spacial score (nSPS) is 14.3. The van der Waals surface area contributed by atoms with Crippen LogP contribution in [0.1, 0.15) is 35.1 Å². The molecule has 1 aliphatic heterocycles. The minimum atomic E-state index is 0.134. The lowest BCUT2D eigenvalue weighted by molar-refractivity contribution is -0.117. The molecule has 3 aromatic rings. The van der Waals surface area contributed by atoms with Crippen LogP contribution in [-0.2, 0) is 17.8 Å². The molecule has 6 nitrogen and oxygen atoms in total. The lowest BCUT2D eigenvalue weighted by atomic mass is 9.94. The van der Waals surface area contributed by atoms with Crippen LogP contribution < -0.4 is 21.1 Å². The van der Waals surface area contributed by atoms with Gasteiger partial charge in [-0.1, -0.05) is 30.3 Å². The Bertz CT molecular complexity index is 1140. The van der Waals surface area contributed by atoms with E-state index >= 15 is 0 Å². The summed E-state index contributed by atoms with van der Waals surface area (Å²) in [5, 5.41) is 14.6. The second kappa shape index (κ2) is 10.3. The van der Waals surface area contributed by atoms with Gasteiger partial charge in [0.25, 0.3) is 0 Å². The molecule has 3 aromatic carbocycles. The zero-order chi connectivity index (χ0) is 23.2. The van der Waals surface area contributed by atoms with Crippen LogP contribution in [0.25, 0.3) is 0 Å². The Morgan fingerprint density at radius 1 is 1.06 bits per heavy atom. The number of nitrogens with one attached hydrogen (secondary N) is 3. The molecule has 1 aliphatic carbocycles. The fraction of sp³-hybridized carbons (Fsp3) is 0.259. The van der Waals surface area contributed by atoms with Gasteiger partial charge in [0.1, 0.15) is 5.75 Å². The number of ether oxygens (including phenoxy) is 1. The molecule has 1 fully saturated rings. The molecule has 0 radical (unpaired) electrons. The van der Waals surface area contributed by atoms with E-state index in [4.69, 9.17) is 15.9 Å². The molecule has 1 saturated carbocycles. The number of methoxy groups -OCH3 is 1. The number of hydrogen-bond acceptors (Lipinski definition) is 5. The Labute approximate surface area is 194 Å². The first kappa shape index (κ1) is 22.6. The number of anilines is 2. The number of rotatable bonds is 5. The van der Waals surface area contributed by atoms with E-state index in [2.05, 4.69) is 22.8 Å². The topological polar surface area (TPSA) is 100 Å². The highest BCUT2D eigenvalue weighted by molar-refractivity contribution is 6.13. The third-order valence-electron chi connectivity index (χ3n) is 5.92. The summed E-state index contributed by atoms with van der Waals surface area (Å²) in [5.74, 6) is 1.18. The SMILES string of the molecule is COc1ccc(NC(=O)C2CC2)cc1.N=C(c1ccc2c(c1)CNCC2)c1ccccc1N. The molecule has 6 heteroatoms. The van der Waals surface area contributed by atoms with E-state index in [0.29, 0.717) is 11.4 Å². The van der Waals surface area contributed by atoms with Crippen LogP contribution in [0.4, 0.5) is 11.4 Å². The molecular weight excluding hydrogens is 412 g/mol. The Morgan fingerprint density at radius 3 is 2.52 bits per heavy atom. The largest absolute Gasteiger partial charge is 0.497 e. The fourth-order valence-corrected chi connectivity index (χ4v) is 3.78. The van der Waals surface area contributed by atoms with Crippen molar-refractivity contribution in [1.82, 2.24) is 5.32 Å². The predicted molar refractivity (Wildman–Crippen MR) is 133 cm³/mol. The molecule has 0 saturated heterocycles. The number of para-hydroxylation sites is 1. The molecule has 5 rings (SSSR count). The van der Waals surface area contributed by atoms with E-state index in [9.17, 15) is 4.79 Å². The van der Waals surface area contributed by atoms with Gasteiger partial charge < -0.3 is 21.1 Å². The van der Waals surface area contributed by atoms with E-state index in [1.54, 1.807) is 7.11 Å². The molecule has 33 heavy (non-hydrogen) atoms. The van der Waals surface area contributed by atoms with Gasteiger partial charge in [0.05, 0.1) is 12.8 Å². The number of amides is 1. The summed E-state index contributed by atoms with van der Waals surface area (Å²) in [6.07, 6.45) is 3.13. The number of carbonyl (C=O) groups is 1. The summed E-state index contributed by atoms with van der Waals surface area (Å²) in [6.45, 7) is 1.93. The smallest absolute Gasteiger partial charge is 0.227 e. The molecule has 0 unspecified atom stereocenters. The molecular formula is C27H30N4O2. The van der Waals surface area contributed by atoms with Crippen molar-refractivity contribution < 1.29 is 9.53 Å². The Hall–Kier alpha value is -3.64. The minimum absolute atomic E-state index is 0.134. The standard InChI is InChI=1S/C16H17N3.C11H13NO2/c17-15-4-2-1-3-14(15)16(18)12-6-5-11-7-8-19-10-13(11)9-12;1-14-10-6-4-9(5-7-10)12-11(13)8-2-3-8/h1-6,9,18-19H,7-8,10,17H2;4-8H,2-3H2,1H3,(H,12,13). The zero-order valence-electron chi connectivity index (χ0n) is 18.9. The van der Waals surface area contributed by atoms with Gasteiger partial charge in [-0.05, 0) is 73.3 Å². The number of benzene rings is 3. The van der Waals surface area contributed by atoms with Crippen molar-refractivity contribution in [2.75, 3.05) is 24.7 Å². The highest BCUT2D eigenvalue weighted by Crippen LogP contribution is 2.30. The van der Waals surface area contributed by atoms with Crippen LogP contribution >= 0.6 is 0 Å². The summed E-state index contributed by atoms with van der Waals surface area (Å²) in [7, 11) is 1.62. The summed E-state index contributed by atoms with van der Waals surface area (Å²) in [5.41, 5.74) is 12.3. The molecule has 2 aliphatic rings. The van der Waals surface area contributed by atoms with Gasteiger partial charge in [0.15, 0.2) is 0 Å². The van der Waals surface area contributed by atoms with Gasteiger partial charge in [-0.3, -0.25) is 10.2 Å². The van der Waals surface area contributed by atoms with Crippen molar-refractivity contribution in [2.45, 2.75) is 25.8 Å². The van der Waals surface area contributed by atoms with E-state index in [-0.39, 0.29) is 11.8 Å². The summed E-state index contributed by atoms with van der Waals surface area (Å²) >= 11 is 0. The summed E-state index contributed by atoms with van der Waals surface area (Å²) in [6, 6.07) is 21.2. The third-order valence-corrected chi connectivity index (χ3v) is 5.92. The average molecular weight is 443 g/mol. The van der Waals surface area contributed by atoms with Gasteiger partial charge in [0, 0.05) is 35.0 Å². The maximum Gasteiger partial charge on any atom is 0.227 e. The quantitative estimate of drug-likeness (QED) is 0.348. The number of nitrogen functional groups attached to an aromatic ring is 1. The van der Waals surface area contributed by atoms with Crippen LogP contribution in [0.5, 0.6) is 5.75 Å². The molecule has 1 heterocycles. The predicted octanol–water partition coefficient (Wildman–Crippen LogP) is 4.37. The van der Waals surface area contributed by atoms with Crippen LogP contribution in [0.3, 0.4) is 0 Å². The minimum Gasteiger partial charge on any atom is -0.497 e. The second-order valence-corrected chi connectivity index (χ2v) is 8.36. The maximum atomic E-state index is 11.4. The van der Waals surface area contributed by atoms with Gasteiger partial charge >= 0.3 is 0 Å². The van der Waals surface area contributed by atoms with Crippen molar-refractivity contribution in [3.63, 3.8) is 0 Å². The van der Waals surface area contributed by atoms with Crippen molar-refractivity contribution >= 4 is 23.0 Å². The second-order valence-electron chi connectivity index (χ2n) is 8.36. The van der Waals surface area contributed by atoms with Crippen LogP contribution in [0.15, 0.2) is 66.7 Å². The van der Waals surface area contributed by atoms with E-state index in [1.807, 2.05) is 54.6 Å². The Balaban J connectivity index is 0.000000165. The van der Waals surface area contributed by atoms with Crippen molar-refractivity contribution in [3.05, 3.63) is 89.0 Å². The van der Waals surface area contributed by atoms with Gasteiger partial charge in [-0.15, -0.1) is 0 Å². The third kappa shape index (κ3) is 5.79. The van der Waals surface area contributed by atoms with E-state index < -0.39 is 0 Å². The number of fused-ring (bicyclic) bond motifs is 1. The molecule has 0 aromatic heterocycles. The first-order chi connectivity index (χ1) is 16.0. The highest BCUT2D eigenvalue weighted by Gasteiger charge is 2.29. The fourth-order valence-electron chi connectivity index (χ4n) is 3.78. The Kier molecular flexibility index (Phi) is 7.05. The summed E-state index contributed by atoms with van der Waals surface area (Å²) < 4.78 is 5.02. The van der Waals surface area contributed by atoms with Crippen LogP contribution in [0, 0.1) is 11.3 Å². The van der Waals surface area contributed by atoms with Crippen molar-refractivity contribution in [2.24, 2.45) is 5.92 Å². The maximum absolute atomic E-state index is 11.4. The van der Waals surface area contributed by atoms with Crippen molar-refractivity contribution in [1.29, 1.82) is 5.41 Å². The van der Waals surface area contributed by atoms with Gasteiger partial charge in [-0.2, -0.15) is 0 Å². The first-order valence-electron chi connectivity index (χ1n) is 11.3. The number of carbonyl (C=O) groups excluding carboxylic acids is 1. The van der Waals surface area contributed by atoms with Crippen LogP contribution in [-0.4, -0.2) is 25.3 Å². The molecule has 0 bridgehead atoms. The first-order valence-corrected chi connectivity index (χ1v) is 11.3. The number of hydrogen-bond donors (Lipinski definition) is 4. The average Bonchev–Trinajstić information content (AvgIpc) is 3.70. The highest BCUT2D eigenvalue weighted by atomic mass is 16.5. The lowest BCUT2D eigenvalue weighted by Gasteiger charge is -2.18. The van der Waals surface area contributed by atoms with Crippen molar-refractivity contribution in [3.8, 4) is 5.75 Å². The number of nitrogens with two attached hydrogens (primary N) is 1. The zero-order valence-corrected chi connectivity index (χ0v) is 18.9. The van der Waals surface area contributed by atoms with Crippen LogP contribution in [0.2, 0.25) is 0 Å². The monoisotopic (exact) mass is 442 g/mol. The molecule has 5 N–H and O–H groups in total. The van der Waals surface area contributed by atoms with Gasteiger partial charge in [-0.25, -0.2) is 0 Å². The molecule has 0 spiro atoms. The van der Waals surface area contributed by atoms with E-state index in [1.165, 1.54) is 11.1 Å². The van der Waals surface area contributed by atoms with Gasteiger partial charge in [0.2, 0.25) is 5.91 Å². The van der Waals surface area contributed by atoms with E-state index in [0.717, 1.165) is 54.9 Å². The molecule has 1 amide bonds. The summed E-state index contributed by atoms with van der Waals surface area (Å²) in [4.78, 5) is 11.4. The Morgan fingerprint density at radius 2 is 1.82 bits per heavy atom. The molecule has 0 atom stereocenters. The molecule has 170 valence electrons.